The molecule has 5 heteroatoms. The molecule has 1 rings (SSSR count). The van der Waals surface area contributed by atoms with Crippen LogP contribution in [0.3, 0.4) is 0 Å². The van der Waals surface area contributed by atoms with Gasteiger partial charge in [0, 0.05) is 25.7 Å². The Bertz CT molecular complexity index is 252. The van der Waals surface area contributed by atoms with Crippen LogP contribution < -0.4 is 11.1 Å². The monoisotopic (exact) mass is 243 g/mol. The maximum atomic E-state index is 11.5. The summed E-state index contributed by atoms with van der Waals surface area (Å²) < 4.78 is 5.43. The van der Waals surface area contributed by atoms with E-state index in [2.05, 4.69) is 17.1 Å². The summed E-state index contributed by atoms with van der Waals surface area (Å²) in [5.74, 6) is -0.294. The lowest BCUT2D eigenvalue weighted by molar-refractivity contribution is -0.124. The number of rotatable bonds is 5. The first-order valence-corrected chi connectivity index (χ1v) is 6.30. The first-order valence-electron chi connectivity index (χ1n) is 6.30. The molecular weight excluding hydrogens is 218 g/mol. The number of likely N-dealkylation sites (N-methyl/N-ethyl adjacent to an activating group) is 1. The highest BCUT2D eigenvalue weighted by molar-refractivity contribution is 5.84. The van der Waals surface area contributed by atoms with E-state index in [-0.39, 0.29) is 5.91 Å². The number of nitrogens with one attached hydrogen (secondary N) is 1. The largest absolute Gasteiger partial charge is 0.380 e. The van der Waals surface area contributed by atoms with Crippen LogP contribution in [0.1, 0.15) is 26.7 Å². The van der Waals surface area contributed by atoms with Gasteiger partial charge in [-0.1, -0.05) is 0 Å². The molecule has 0 radical (unpaired) electrons. The minimum absolute atomic E-state index is 0.294. The van der Waals surface area contributed by atoms with Crippen LogP contribution in [0.4, 0.5) is 0 Å². The van der Waals surface area contributed by atoms with Crippen LogP contribution in [0.15, 0.2) is 0 Å². The van der Waals surface area contributed by atoms with Crippen LogP contribution in [0.5, 0.6) is 0 Å². The van der Waals surface area contributed by atoms with Crippen LogP contribution in [0.25, 0.3) is 0 Å². The number of nitrogens with two attached hydrogens (primary N) is 1. The molecule has 0 aromatic carbocycles. The van der Waals surface area contributed by atoms with Crippen molar-refractivity contribution >= 4 is 5.91 Å². The van der Waals surface area contributed by atoms with Crippen molar-refractivity contribution in [2.24, 2.45) is 5.73 Å². The molecule has 0 aromatic rings. The van der Waals surface area contributed by atoms with Crippen LogP contribution >= 0.6 is 0 Å². The molecule has 17 heavy (non-hydrogen) atoms. The van der Waals surface area contributed by atoms with Gasteiger partial charge in [0.1, 0.15) is 0 Å². The van der Waals surface area contributed by atoms with E-state index in [1.54, 1.807) is 7.05 Å². The summed E-state index contributed by atoms with van der Waals surface area (Å²) in [6.07, 6.45) is 1.77. The number of carbonyl (C=O) groups excluding carboxylic acids is 1. The lowest BCUT2D eigenvalue weighted by Crippen LogP contribution is -2.55. The van der Waals surface area contributed by atoms with E-state index in [4.69, 9.17) is 10.5 Å². The van der Waals surface area contributed by atoms with Crippen molar-refractivity contribution in [1.82, 2.24) is 10.2 Å². The van der Waals surface area contributed by atoms with Gasteiger partial charge in [0.05, 0.1) is 12.1 Å². The molecule has 1 heterocycles. The molecule has 5 nitrogen and oxygen atoms in total. The maximum Gasteiger partial charge on any atom is 0.237 e. The lowest BCUT2D eigenvalue weighted by atomic mass is 9.92. The Morgan fingerprint density at radius 3 is 2.82 bits per heavy atom. The molecule has 100 valence electrons. The second-order valence-electron chi connectivity index (χ2n) is 5.00. The van der Waals surface area contributed by atoms with Crippen LogP contribution in [-0.2, 0) is 9.53 Å². The molecule has 1 fully saturated rings. The Balaban J connectivity index is 2.56. The van der Waals surface area contributed by atoms with Crippen molar-refractivity contribution in [1.29, 1.82) is 0 Å². The highest BCUT2D eigenvalue weighted by Gasteiger charge is 2.32. The number of carbonyl (C=O) groups is 1. The van der Waals surface area contributed by atoms with Crippen molar-refractivity contribution in [2.75, 3.05) is 33.4 Å². The number of hydrogen-bond acceptors (Lipinski definition) is 4. The molecule has 0 saturated carbocycles. The molecule has 1 aliphatic heterocycles. The predicted molar refractivity (Wildman–Crippen MR) is 67.7 cm³/mol. The second kappa shape index (κ2) is 6.33. The molecule has 0 bridgehead atoms. The fourth-order valence-electron chi connectivity index (χ4n) is 2.25. The lowest BCUT2D eigenvalue weighted by Gasteiger charge is -2.34. The summed E-state index contributed by atoms with van der Waals surface area (Å²) in [4.78, 5) is 13.8. The molecule has 3 N–H and O–H groups in total. The van der Waals surface area contributed by atoms with Crippen LogP contribution in [0, 0.1) is 0 Å². The summed E-state index contributed by atoms with van der Waals surface area (Å²) >= 11 is 0. The van der Waals surface area contributed by atoms with Gasteiger partial charge in [0.15, 0.2) is 0 Å². The van der Waals surface area contributed by atoms with Crippen LogP contribution in [0.2, 0.25) is 0 Å². The average Bonchev–Trinajstić information content (AvgIpc) is 2.57. The van der Waals surface area contributed by atoms with E-state index in [1.807, 2.05) is 6.92 Å². The molecule has 1 aliphatic rings. The van der Waals surface area contributed by atoms with E-state index in [9.17, 15) is 4.79 Å². The van der Waals surface area contributed by atoms with Gasteiger partial charge in [-0.3, -0.25) is 9.69 Å². The molecule has 2 atom stereocenters. The van der Waals surface area contributed by atoms with E-state index in [0.29, 0.717) is 6.04 Å². The standard InChI is InChI=1S/C12H25N3O2/c1-10(9-12(2,14-3)11(13)16)15-5-4-7-17-8-6-15/h10,14H,4-9H2,1-3H3,(H2,13,16). The quantitative estimate of drug-likeness (QED) is 0.710. The normalized spacial score (nSPS) is 23.7. The van der Waals surface area contributed by atoms with Gasteiger partial charge in [0.25, 0.3) is 0 Å². The van der Waals surface area contributed by atoms with Crippen molar-refractivity contribution < 1.29 is 9.53 Å². The van der Waals surface area contributed by atoms with Gasteiger partial charge in [-0.25, -0.2) is 0 Å². The Morgan fingerprint density at radius 2 is 2.24 bits per heavy atom. The molecule has 1 amide bonds. The van der Waals surface area contributed by atoms with Crippen molar-refractivity contribution in [3.8, 4) is 0 Å². The minimum Gasteiger partial charge on any atom is -0.380 e. The van der Waals surface area contributed by atoms with Gasteiger partial charge in [-0.05, 0) is 33.7 Å². The molecule has 0 spiro atoms. The molecular formula is C12H25N3O2. The first-order chi connectivity index (χ1) is 7.99. The van der Waals surface area contributed by atoms with E-state index < -0.39 is 5.54 Å². The number of ether oxygens (including phenoxy) is 1. The Kier molecular flexibility index (Phi) is 5.36. The van der Waals surface area contributed by atoms with Crippen molar-refractivity contribution in [2.45, 2.75) is 38.3 Å². The molecule has 1 saturated heterocycles. The van der Waals surface area contributed by atoms with E-state index in [0.717, 1.165) is 39.1 Å². The van der Waals surface area contributed by atoms with Gasteiger partial charge in [0.2, 0.25) is 5.91 Å². The number of nitrogens with zero attached hydrogens (tertiary/aromatic N) is 1. The fraction of sp³-hybridized carbons (Fsp3) is 0.917. The minimum atomic E-state index is -0.632. The Labute approximate surface area is 104 Å². The highest BCUT2D eigenvalue weighted by Crippen LogP contribution is 2.17. The summed E-state index contributed by atoms with van der Waals surface area (Å²) in [6.45, 7) is 7.57. The third kappa shape index (κ3) is 3.94. The maximum absolute atomic E-state index is 11.5. The summed E-state index contributed by atoms with van der Waals surface area (Å²) in [7, 11) is 1.78. The first kappa shape index (κ1) is 14.4. The smallest absolute Gasteiger partial charge is 0.237 e. The Hall–Kier alpha value is -0.650. The number of primary amides is 1. The van der Waals surface area contributed by atoms with Gasteiger partial charge in [-0.2, -0.15) is 0 Å². The van der Waals surface area contributed by atoms with Gasteiger partial charge in [-0.15, -0.1) is 0 Å². The van der Waals surface area contributed by atoms with Crippen molar-refractivity contribution in [3.05, 3.63) is 0 Å². The zero-order chi connectivity index (χ0) is 12.9. The SMILES string of the molecule is CNC(C)(CC(C)N1CCCOCC1)C(N)=O. The summed E-state index contributed by atoms with van der Waals surface area (Å²) in [5, 5.41) is 3.03. The fourth-order valence-corrected chi connectivity index (χ4v) is 2.25. The van der Waals surface area contributed by atoms with Gasteiger partial charge < -0.3 is 15.8 Å². The number of amides is 1. The average molecular weight is 243 g/mol. The van der Waals surface area contributed by atoms with E-state index >= 15 is 0 Å². The summed E-state index contributed by atoms with van der Waals surface area (Å²) in [5.41, 5.74) is 4.81. The summed E-state index contributed by atoms with van der Waals surface area (Å²) in [6, 6.07) is 0.321. The van der Waals surface area contributed by atoms with E-state index in [1.165, 1.54) is 0 Å². The Morgan fingerprint density at radius 1 is 1.53 bits per heavy atom. The highest BCUT2D eigenvalue weighted by atomic mass is 16.5. The molecule has 0 aromatic heterocycles. The zero-order valence-electron chi connectivity index (χ0n) is 11.2. The second-order valence-corrected chi connectivity index (χ2v) is 5.00. The molecule has 2 unspecified atom stereocenters. The molecule has 0 aliphatic carbocycles. The topological polar surface area (TPSA) is 67.6 Å². The van der Waals surface area contributed by atoms with Gasteiger partial charge >= 0.3 is 0 Å². The third-order valence-electron chi connectivity index (χ3n) is 3.68. The zero-order valence-corrected chi connectivity index (χ0v) is 11.2. The predicted octanol–water partition coefficient (Wildman–Crippen LogP) is -0.0493. The van der Waals surface area contributed by atoms with Crippen LogP contribution in [-0.4, -0.2) is 55.7 Å². The van der Waals surface area contributed by atoms with Crippen molar-refractivity contribution in [3.63, 3.8) is 0 Å². The number of hydrogen-bond donors (Lipinski definition) is 2. The third-order valence-corrected chi connectivity index (χ3v) is 3.68.